The van der Waals surface area contributed by atoms with E-state index in [9.17, 15) is 0 Å². The topological polar surface area (TPSA) is 29.5 Å². The average molecular weight is 206 g/mol. The van der Waals surface area contributed by atoms with Crippen LogP contribution in [-0.2, 0) is 4.74 Å². The van der Waals surface area contributed by atoms with Crippen LogP contribution in [0, 0.1) is 0 Å². The summed E-state index contributed by atoms with van der Waals surface area (Å²) in [6.45, 7) is 2.70. The zero-order chi connectivity index (χ0) is 10.9. The number of rotatable bonds is 7. The fraction of sp³-hybridized carbons (Fsp3) is 0.500. The van der Waals surface area contributed by atoms with E-state index in [0.29, 0.717) is 12.4 Å². The molecule has 0 aliphatic heterocycles. The summed E-state index contributed by atoms with van der Waals surface area (Å²) in [5.74, 6) is 0.619. The largest absolute Gasteiger partial charge is 0.371 e. The minimum Gasteiger partial charge on any atom is -0.371 e. The molecule has 1 aromatic rings. The molecule has 0 fully saturated rings. The van der Waals surface area contributed by atoms with Crippen molar-refractivity contribution in [1.29, 1.82) is 0 Å². The summed E-state index contributed by atoms with van der Waals surface area (Å²) in [5, 5.41) is 8.48. The Morgan fingerprint density at radius 3 is 2.67 bits per heavy atom. The molecule has 0 spiro atoms. The van der Waals surface area contributed by atoms with Crippen molar-refractivity contribution in [3.8, 4) is 0 Å². The fourth-order valence-electron chi connectivity index (χ4n) is 1.83. The maximum atomic E-state index is 8.48. The molecule has 15 heavy (non-hydrogen) atoms. The number of ether oxygens (including phenoxy) is 1. The van der Waals surface area contributed by atoms with Gasteiger partial charge in [0.25, 0.3) is 0 Å². The van der Waals surface area contributed by atoms with E-state index in [4.69, 9.17) is 9.84 Å². The Labute approximate surface area is 92.5 Å². The van der Waals surface area contributed by atoms with Crippen LogP contribution in [0.4, 0.5) is 0 Å². The van der Waals surface area contributed by atoms with Crippen LogP contribution < -0.4 is 0 Å². The first-order valence-corrected chi connectivity index (χ1v) is 5.62. The lowest BCUT2D eigenvalue weighted by atomic mass is 9.58. The van der Waals surface area contributed by atoms with Crippen molar-refractivity contribution in [2.45, 2.75) is 25.5 Å². The van der Waals surface area contributed by atoms with E-state index in [2.05, 4.69) is 31.2 Å². The molecule has 0 aliphatic carbocycles. The summed E-state index contributed by atoms with van der Waals surface area (Å²) in [7, 11) is 1.13. The first-order chi connectivity index (χ1) is 7.38. The van der Waals surface area contributed by atoms with E-state index in [-0.39, 0.29) is 6.79 Å². The predicted octanol–water partition coefficient (Wildman–Crippen LogP) is 1.96. The van der Waals surface area contributed by atoms with E-state index >= 15 is 0 Å². The molecular formula is C12H19BO2. The van der Waals surface area contributed by atoms with Gasteiger partial charge >= 0.3 is 0 Å². The van der Waals surface area contributed by atoms with Crippen LogP contribution in [0.5, 0.6) is 0 Å². The zero-order valence-electron chi connectivity index (χ0n) is 9.36. The first-order valence-electron chi connectivity index (χ1n) is 5.62. The average Bonchev–Trinajstić information content (AvgIpc) is 2.30. The minimum absolute atomic E-state index is 0.165. The van der Waals surface area contributed by atoms with E-state index in [0.717, 1.165) is 20.0 Å². The maximum Gasteiger partial charge on any atom is 0.143 e. The highest BCUT2D eigenvalue weighted by Gasteiger charge is 2.09. The smallest absolute Gasteiger partial charge is 0.143 e. The first kappa shape index (κ1) is 12.3. The van der Waals surface area contributed by atoms with E-state index in [1.807, 2.05) is 6.07 Å². The minimum atomic E-state index is -0.165. The SMILES string of the molecule is CCC(BCCOCO)c1ccccc1. The molecule has 1 aromatic carbocycles. The molecule has 0 amide bonds. The van der Waals surface area contributed by atoms with Gasteiger partial charge in [0.05, 0.1) is 0 Å². The van der Waals surface area contributed by atoms with Crippen molar-refractivity contribution in [2.24, 2.45) is 0 Å². The fourth-order valence-corrected chi connectivity index (χ4v) is 1.83. The Hall–Kier alpha value is -0.795. The van der Waals surface area contributed by atoms with Crippen LogP contribution in [0.25, 0.3) is 0 Å². The summed E-state index contributed by atoms with van der Waals surface area (Å²) in [6, 6.07) is 10.6. The van der Waals surface area contributed by atoms with Crippen LogP contribution in [0.1, 0.15) is 24.7 Å². The van der Waals surface area contributed by atoms with E-state index < -0.39 is 0 Å². The molecule has 82 valence electrons. The number of hydrogen-bond acceptors (Lipinski definition) is 2. The van der Waals surface area contributed by atoms with Crippen molar-refractivity contribution >= 4 is 7.28 Å². The Bertz CT molecular complexity index is 251. The lowest BCUT2D eigenvalue weighted by Crippen LogP contribution is -2.09. The number of hydrogen-bond donors (Lipinski definition) is 1. The summed E-state index contributed by atoms with van der Waals surface area (Å²) in [4.78, 5) is 0. The second kappa shape index (κ2) is 7.49. The molecule has 3 heteroatoms. The summed E-state index contributed by atoms with van der Waals surface area (Å²) in [6.07, 6.45) is 2.16. The summed E-state index contributed by atoms with van der Waals surface area (Å²) in [5.41, 5.74) is 1.41. The van der Waals surface area contributed by atoms with Gasteiger partial charge in [-0.2, -0.15) is 0 Å². The van der Waals surface area contributed by atoms with E-state index in [1.54, 1.807) is 0 Å². The number of benzene rings is 1. The standard InChI is InChI=1S/C12H19BO2/c1-2-12(13-8-9-15-10-14)11-6-4-3-5-7-11/h3-7,12-14H,2,8-10H2,1H3. The molecule has 1 unspecified atom stereocenters. The van der Waals surface area contributed by atoms with E-state index in [1.165, 1.54) is 5.56 Å². The Kier molecular flexibility index (Phi) is 6.13. The number of aliphatic hydroxyl groups is 1. The molecule has 0 aromatic heterocycles. The summed E-state index contributed by atoms with van der Waals surface area (Å²) >= 11 is 0. The quantitative estimate of drug-likeness (QED) is 0.419. The van der Waals surface area contributed by atoms with Gasteiger partial charge in [0, 0.05) is 6.61 Å². The molecule has 0 saturated carbocycles. The third-order valence-electron chi connectivity index (χ3n) is 2.70. The highest BCUT2D eigenvalue weighted by molar-refractivity contribution is 6.37. The highest BCUT2D eigenvalue weighted by Crippen LogP contribution is 2.18. The van der Waals surface area contributed by atoms with Crippen LogP contribution in [-0.4, -0.2) is 25.8 Å². The Morgan fingerprint density at radius 2 is 2.07 bits per heavy atom. The molecule has 0 radical (unpaired) electrons. The molecule has 0 bridgehead atoms. The van der Waals surface area contributed by atoms with Gasteiger partial charge in [-0.05, 0) is 5.82 Å². The molecular weight excluding hydrogens is 187 g/mol. The zero-order valence-corrected chi connectivity index (χ0v) is 9.36. The van der Waals surface area contributed by atoms with Crippen molar-refractivity contribution < 1.29 is 9.84 Å². The lowest BCUT2D eigenvalue weighted by molar-refractivity contribution is 0.00535. The molecule has 1 N–H and O–H groups in total. The Balaban J connectivity index is 2.36. The van der Waals surface area contributed by atoms with Crippen LogP contribution in [0.3, 0.4) is 0 Å². The van der Waals surface area contributed by atoms with Crippen LogP contribution in [0.15, 0.2) is 30.3 Å². The van der Waals surface area contributed by atoms with Gasteiger partial charge in [0.15, 0.2) is 0 Å². The molecule has 1 rings (SSSR count). The van der Waals surface area contributed by atoms with Gasteiger partial charge in [0.1, 0.15) is 14.1 Å². The third kappa shape index (κ3) is 4.49. The maximum absolute atomic E-state index is 8.48. The van der Waals surface area contributed by atoms with Gasteiger partial charge < -0.3 is 9.84 Å². The van der Waals surface area contributed by atoms with Gasteiger partial charge in [-0.25, -0.2) is 0 Å². The van der Waals surface area contributed by atoms with Crippen molar-refractivity contribution in [3.63, 3.8) is 0 Å². The van der Waals surface area contributed by atoms with Crippen LogP contribution >= 0.6 is 0 Å². The van der Waals surface area contributed by atoms with Gasteiger partial charge in [-0.15, -0.1) is 0 Å². The molecule has 0 saturated heterocycles. The molecule has 0 heterocycles. The van der Waals surface area contributed by atoms with Gasteiger partial charge in [-0.3, -0.25) is 0 Å². The number of aliphatic hydroxyl groups excluding tert-OH is 1. The second-order valence-electron chi connectivity index (χ2n) is 3.70. The third-order valence-corrected chi connectivity index (χ3v) is 2.70. The van der Waals surface area contributed by atoms with Crippen molar-refractivity contribution in [2.75, 3.05) is 13.4 Å². The second-order valence-corrected chi connectivity index (χ2v) is 3.70. The van der Waals surface area contributed by atoms with Gasteiger partial charge in [0.2, 0.25) is 0 Å². The summed E-state index contributed by atoms with van der Waals surface area (Å²) < 4.78 is 4.92. The Morgan fingerprint density at radius 1 is 1.33 bits per heavy atom. The lowest BCUT2D eigenvalue weighted by Gasteiger charge is -2.13. The van der Waals surface area contributed by atoms with Crippen molar-refractivity contribution in [1.82, 2.24) is 0 Å². The monoisotopic (exact) mass is 206 g/mol. The molecule has 2 nitrogen and oxygen atoms in total. The molecule has 1 atom stereocenters. The highest BCUT2D eigenvalue weighted by atomic mass is 16.6. The predicted molar refractivity (Wildman–Crippen MR) is 64.5 cm³/mol. The van der Waals surface area contributed by atoms with Crippen LogP contribution in [0.2, 0.25) is 6.32 Å². The van der Waals surface area contributed by atoms with Crippen molar-refractivity contribution in [3.05, 3.63) is 35.9 Å². The molecule has 0 aliphatic rings. The van der Waals surface area contributed by atoms with Gasteiger partial charge in [-0.1, -0.05) is 55.6 Å². The normalized spacial score (nSPS) is 12.4.